The fourth-order valence-electron chi connectivity index (χ4n) is 2.17. The first-order valence-electron chi connectivity index (χ1n) is 5.55. The lowest BCUT2D eigenvalue weighted by Gasteiger charge is -2.37. The van der Waals surface area contributed by atoms with E-state index in [2.05, 4.69) is 29.8 Å². The lowest BCUT2D eigenvalue weighted by Crippen LogP contribution is -2.43. The minimum atomic E-state index is -3.32. The first-order chi connectivity index (χ1) is 7.83. The van der Waals surface area contributed by atoms with Gasteiger partial charge in [-0.05, 0) is 34.2 Å². The van der Waals surface area contributed by atoms with Crippen LogP contribution >= 0.6 is 27.3 Å². The van der Waals surface area contributed by atoms with Crippen LogP contribution in [0.15, 0.2) is 20.1 Å². The molecular weight excluding hydrogens is 322 g/mol. The van der Waals surface area contributed by atoms with E-state index in [0.29, 0.717) is 22.5 Å². The molecule has 1 fully saturated rings. The number of nitrogens with zero attached hydrogens (tertiary/aromatic N) is 1. The third-order valence-corrected chi connectivity index (χ3v) is 7.06. The summed E-state index contributed by atoms with van der Waals surface area (Å²) in [5.74, 6) is 0. The molecule has 0 amide bonds. The van der Waals surface area contributed by atoms with Crippen molar-refractivity contribution in [2.24, 2.45) is 5.41 Å². The highest BCUT2D eigenvalue weighted by molar-refractivity contribution is 9.10. The van der Waals surface area contributed by atoms with E-state index in [4.69, 9.17) is 0 Å². The SMILES string of the molecule is CC1(C)CCCN(S(=O)(=O)c2cscc2Br)C1. The lowest BCUT2D eigenvalue weighted by atomic mass is 9.85. The molecule has 0 aromatic carbocycles. The van der Waals surface area contributed by atoms with Crippen molar-refractivity contribution in [2.45, 2.75) is 31.6 Å². The van der Waals surface area contributed by atoms with Crippen molar-refractivity contribution in [2.75, 3.05) is 13.1 Å². The van der Waals surface area contributed by atoms with Gasteiger partial charge >= 0.3 is 0 Å². The van der Waals surface area contributed by atoms with Gasteiger partial charge in [0.05, 0.1) is 0 Å². The summed E-state index contributed by atoms with van der Waals surface area (Å²) in [6, 6.07) is 0. The Labute approximate surface area is 115 Å². The predicted molar refractivity (Wildman–Crippen MR) is 73.8 cm³/mol. The lowest BCUT2D eigenvalue weighted by molar-refractivity contribution is 0.187. The van der Waals surface area contributed by atoms with Crippen LogP contribution in [0.2, 0.25) is 0 Å². The monoisotopic (exact) mass is 337 g/mol. The number of halogens is 1. The summed E-state index contributed by atoms with van der Waals surface area (Å²) in [5.41, 5.74) is 0.0772. The summed E-state index contributed by atoms with van der Waals surface area (Å²) < 4.78 is 27.2. The topological polar surface area (TPSA) is 37.4 Å². The summed E-state index contributed by atoms with van der Waals surface area (Å²) in [6.45, 7) is 5.49. The first-order valence-corrected chi connectivity index (χ1v) is 8.72. The van der Waals surface area contributed by atoms with Gasteiger partial charge in [-0.25, -0.2) is 8.42 Å². The van der Waals surface area contributed by atoms with E-state index in [-0.39, 0.29) is 5.41 Å². The molecule has 2 rings (SSSR count). The van der Waals surface area contributed by atoms with E-state index < -0.39 is 10.0 Å². The molecule has 0 aliphatic carbocycles. The molecule has 0 bridgehead atoms. The number of sulfonamides is 1. The van der Waals surface area contributed by atoms with Crippen LogP contribution in [0.5, 0.6) is 0 Å². The van der Waals surface area contributed by atoms with Crippen LogP contribution in [0.1, 0.15) is 26.7 Å². The van der Waals surface area contributed by atoms with Gasteiger partial charge in [0.15, 0.2) is 0 Å². The highest BCUT2D eigenvalue weighted by atomic mass is 79.9. The Kier molecular flexibility index (Phi) is 3.69. The van der Waals surface area contributed by atoms with E-state index in [1.807, 2.05) is 5.38 Å². The molecule has 0 spiro atoms. The first kappa shape index (κ1) is 13.5. The predicted octanol–water partition coefficient (Wildman–Crippen LogP) is 3.32. The summed E-state index contributed by atoms with van der Waals surface area (Å²) in [7, 11) is -3.32. The van der Waals surface area contributed by atoms with E-state index in [1.165, 1.54) is 11.3 Å². The van der Waals surface area contributed by atoms with Crippen LogP contribution in [0.3, 0.4) is 0 Å². The largest absolute Gasteiger partial charge is 0.245 e. The zero-order valence-corrected chi connectivity index (χ0v) is 13.2. The van der Waals surface area contributed by atoms with E-state index in [1.54, 1.807) is 9.69 Å². The van der Waals surface area contributed by atoms with Gasteiger partial charge in [-0.15, -0.1) is 11.3 Å². The summed E-state index contributed by atoms with van der Waals surface area (Å²) in [4.78, 5) is 0.403. The minimum Gasteiger partial charge on any atom is -0.207 e. The third-order valence-electron chi connectivity index (χ3n) is 3.07. The molecule has 1 aliphatic heterocycles. The van der Waals surface area contributed by atoms with Crippen LogP contribution < -0.4 is 0 Å². The van der Waals surface area contributed by atoms with Gasteiger partial charge in [-0.1, -0.05) is 13.8 Å². The second kappa shape index (κ2) is 4.64. The number of piperidine rings is 1. The standard InChI is InChI=1S/C11H16BrNO2S2/c1-11(2)4-3-5-13(8-11)17(14,15)10-7-16-6-9(10)12/h6-7H,3-5,8H2,1-2H3. The van der Waals surface area contributed by atoms with Crippen LogP contribution in [0.4, 0.5) is 0 Å². The molecule has 1 saturated heterocycles. The second-order valence-electron chi connectivity index (χ2n) is 5.19. The summed E-state index contributed by atoms with van der Waals surface area (Å²) in [6.07, 6.45) is 2.03. The van der Waals surface area contributed by atoms with E-state index in [9.17, 15) is 8.42 Å². The maximum atomic E-state index is 12.5. The quantitative estimate of drug-likeness (QED) is 0.830. The van der Waals surface area contributed by atoms with Crippen molar-refractivity contribution in [3.05, 3.63) is 15.2 Å². The molecule has 0 saturated carbocycles. The Balaban J connectivity index is 2.31. The van der Waals surface area contributed by atoms with Gasteiger partial charge < -0.3 is 0 Å². The van der Waals surface area contributed by atoms with Gasteiger partial charge in [0.1, 0.15) is 4.90 Å². The zero-order valence-electron chi connectivity index (χ0n) is 9.94. The van der Waals surface area contributed by atoms with Crippen LogP contribution in [0, 0.1) is 5.41 Å². The van der Waals surface area contributed by atoms with E-state index >= 15 is 0 Å². The molecule has 0 radical (unpaired) electrons. The van der Waals surface area contributed by atoms with Crippen molar-refractivity contribution >= 4 is 37.3 Å². The molecule has 6 heteroatoms. The summed E-state index contributed by atoms with van der Waals surface area (Å²) >= 11 is 4.71. The Hall–Kier alpha value is 0.0900. The third kappa shape index (κ3) is 2.75. The van der Waals surface area contributed by atoms with Gasteiger partial charge in [0.2, 0.25) is 10.0 Å². The van der Waals surface area contributed by atoms with Crippen LogP contribution in [-0.4, -0.2) is 25.8 Å². The fourth-order valence-corrected chi connectivity index (χ4v) is 6.14. The number of hydrogen-bond donors (Lipinski definition) is 0. The van der Waals surface area contributed by atoms with Gasteiger partial charge in [0, 0.05) is 28.3 Å². The molecule has 0 atom stereocenters. The average molecular weight is 338 g/mol. The number of rotatable bonds is 2. The molecular formula is C11H16BrNO2S2. The maximum Gasteiger partial charge on any atom is 0.245 e. The maximum absolute atomic E-state index is 12.5. The average Bonchev–Trinajstić information content (AvgIpc) is 2.63. The highest BCUT2D eigenvalue weighted by Gasteiger charge is 2.35. The number of hydrogen-bond acceptors (Lipinski definition) is 3. The van der Waals surface area contributed by atoms with E-state index in [0.717, 1.165) is 12.8 Å². The Morgan fingerprint density at radius 1 is 1.41 bits per heavy atom. The molecule has 2 heterocycles. The van der Waals surface area contributed by atoms with Crippen molar-refractivity contribution in [1.29, 1.82) is 0 Å². The molecule has 0 unspecified atom stereocenters. The minimum absolute atomic E-state index is 0.0772. The highest BCUT2D eigenvalue weighted by Crippen LogP contribution is 2.34. The number of thiophene rings is 1. The summed E-state index contributed by atoms with van der Waals surface area (Å²) in [5, 5.41) is 3.50. The van der Waals surface area contributed by atoms with Crippen molar-refractivity contribution in [3.8, 4) is 0 Å². The van der Waals surface area contributed by atoms with Crippen LogP contribution in [0.25, 0.3) is 0 Å². The molecule has 0 N–H and O–H groups in total. The Bertz CT molecular complexity index is 507. The van der Waals surface area contributed by atoms with Gasteiger partial charge in [-0.3, -0.25) is 0 Å². The van der Waals surface area contributed by atoms with Gasteiger partial charge in [-0.2, -0.15) is 4.31 Å². The fraction of sp³-hybridized carbons (Fsp3) is 0.636. The molecule has 96 valence electrons. The molecule has 17 heavy (non-hydrogen) atoms. The normalized spacial score (nSPS) is 21.6. The molecule has 1 aliphatic rings. The van der Waals surface area contributed by atoms with Crippen molar-refractivity contribution in [1.82, 2.24) is 4.31 Å². The molecule has 3 nitrogen and oxygen atoms in total. The van der Waals surface area contributed by atoms with Crippen molar-refractivity contribution in [3.63, 3.8) is 0 Å². The molecule has 1 aromatic rings. The zero-order chi connectivity index (χ0) is 12.7. The smallest absolute Gasteiger partial charge is 0.207 e. The molecule has 1 aromatic heterocycles. The van der Waals surface area contributed by atoms with Crippen LogP contribution in [-0.2, 0) is 10.0 Å². The second-order valence-corrected chi connectivity index (χ2v) is 8.69. The Morgan fingerprint density at radius 3 is 2.65 bits per heavy atom. The van der Waals surface area contributed by atoms with Crippen molar-refractivity contribution < 1.29 is 8.42 Å². The Morgan fingerprint density at radius 2 is 2.12 bits per heavy atom. The van der Waals surface area contributed by atoms with Gasteiger partial charge in [0.25, 0.3) is 0 Å².